The standard InChI is InChI=1S/C24H33NO4/c1-29-24(28)15-7-2-3-10-18-25-21(13-8-9-14-23(25)27)16-17-22(26)19-20-11-5-4-6-12-20/h3-6,10-12,16-17,21-22,26H,2,7-9,13-15,18-19H2,1H3/b10-3-,17-16+. The summed E-state index contributed by atoms with van der Waals surface area (Å²) >= 11 is 0. The Morgan fingerprint density at radius 2 is 2.07 bits per heavy atom. The molecule has 0 aliphatic carbocycles. The van der Waals surface area contributed by atoms with E-state index in [-0.39, 0.29) is 17.9 Å². The number of carbonyl (C=O) groups is 2. The number of carbonyl (C=O) groups excluding carboxylic acids is 2. The third-order valence-electron chi connectivity index (χ3n) is 5.15. The Balaban J connectivity index is 1.89. The van der Waals surface area contributed by atoms with Gasteiger partial charge in [-0.3, -0.25) is 9.59 Å². The van der Waals surface area contributed by atoms with E-state index in [1.54, 1.807) is 0 Å². The van der Waals surface area contributed by atoms with Crippen molar-refractivity contribution in [1.82, 2.24) is 4.90 Å². The molecular formula is C24H33NO4. The second kappa shape index (κ2) is 12.9. The van der Waals surface area contributed by atoms with Crippen molar-refractivity contribution in [3.63, 3.8) is 0 Å². The Kier molecular flexibility index (Phi) is 10.2. The summed E-state index contributed by atoms with van der Waals surface area (Å²) in [5, 5.41) is 10.4. The molecule has 1 aliphatic rings. The van der Waals surface area contributed by atoms with E-state index in [1.807, 2.05) is 59.5 Å². The summed E-state index contributed by atoms with van der Waals surface area (Å²) in [5.74, 6) is -0.0331. The molecule has 29 heavy (non-hydrogen) atoms. The van der Waals surface area contributed by atoms with Gasteiger partial charge in [0.05, 0.1) is 19.3 Å². The zero-order chi connectivity index (χ0) is 20.9. The van der Waals surface area contributed by atoms with Gasteiger partial charge in [-0.1, -0.05) is 61.1 Å². The molecule has 0 spiro atoms. The van der Waals surface area contributed by atoms with Gasteiger partial charge in [-0.25, -0.2) is 0 Å². The summed E-state index contributed by atoms with van der Waals surface area (Å²) in [6, 6.07) is 9.91. The molecule has 1 aromatic rings. The molecule has 5 heteroatoms. The van der Waals surface area contributed by atoms with Crippen LogP contribution in [-0.2, 0) is 20.7 Å². The van der Waals surface area contributed by atoms with Crippen molar-refractivity contribution in [3.8, 4) is 0 Å². The van der Waals surface area contributed by atoms with Crippen LogP contribution in [0.3, 0.4) is 0 Å². The monoisotopic (exact) mass is 399 g/mol. The number of rotatable bonds is 10. The van der Waals surface area contributed by atoms with Gasteiger partial charge in [-0.05, 0) is 31.2 Å². The molecule has 1 amide bonds. The van der Waals surface area contributed by atoms with E-state index in [9.17, 15) is 14.7 Å². The number of unbranched alkanes of at least 4 members (excludes halogenated alkanes) is 1. The average molecular weight is 400 g/mol. The Morgan fingerprint density at radius 1 is 1.28 bits per heavy atom. The molecule has 1 saturated heterocycles. The number of hydrogen-bond acceptors (Lipinski definition) is 4. The molecule has 158 valence electrons. The van der Waals surface area contributed by atoms with Gasteiger partial charge in [0, 0.05) is 25.8 Å². The second-order valence-electron chi connectivity index (χ2n) is 7.44. The molecule has 0 saturated carbocycles. The summed E-state index contributed by atoms with van der Waals surface area (Å²) in [5.41, 5.74) is 1.09. The van der Waals surface area contributed by atoms with Gasteiger partial charge >= 0.3 is 5.97 Å². The minimum atomic E-state index is -0.563. The van der Waals surface area contributed by atoms with E-state index in [1.165, 1.54) is 7.11 Å². The summed E-state index contributed by atoms with van der Waals surface area (Å²) in [6.45, 7) is 0.556. The van der Waals surface area contributed by atoms with Crippen LogP contribution in [0.4, 0.5) is 0 Å². The Morgan fingerprint density at radius 3 is 2.83 bits per heavy atom. The molecule has 1 fully saturated rings. The van der Waals surface area contributed by atoms with Gasteiger partial charge in [-0.15, -0.1) is 0 Å². The fourth-order valence-electron chi connectivity index (χ4n) is 3.50. The van der Waals surface area contributed by atoms with Crippen molar-refractivity contribution in [2.24, 2.45) is 0 Å². The molecule has 0 radical (unpaired) electrons. The zero-order valence-electron chi connectivity index (χ0n) is 17.3. The van der Waals surface area contributed by atoms with Crippen molar-refractivity contribution in [3.05, 3.63) is 60.2 Å². The SMILES string of the molecule is COC(=O)CCC/C=C\CN1C(=O)CCCCC1/C=C/C(O)Cc1ccccc1. The minimum Gasteiger partial charge on any atom is -0.469 e. The lowest BCUT2D eigenvalue weighted by atomic mass is 10.0. The third kappa shape index (κ3) is 8.65. The maximum Gasteiger partial charge on any atom is 0.305 e. The van der Waals surface area contributed by atoms with Crippen LogP contribution in [0, 0.1) is 0 Å². The van der Waals surface area contributed by atoms with Gasteiger partial charge in [0.1, 0.15) is 0 Å². The van der Waals surface area contributed by atoms with Crippen molar-refractivity contribution in [2.75, 3.05) is 13.7 Å². The van der Waals surface area contributed by atoms with Crippen molar-refractivity contribution >= 4 is 11.9 Å². The van der Waals surface area contributed by atoms with E-state index >= 15 is 0 Å². The van der Waals surface area contributed by atoms with Crippen LogP contribution >= 0.6 is 0 Å². The number of methoxy groups -OCH3 is 1. The average Bonchev–Trinajstić information content (AvgIpc) is 2.90. The Labute approximate surface area is 174 Å². The summed E-state index contributed by atoms with van der Waals surface area (Å²) in [4.78, 5) is 25.6. The molecule has 2 rings (SSSR count). The number of benzene rings is 1. The van der Waals surface area contributed by atoms with Gasteiger partial charge in [0.15, 0.2) is 0 Å². The molecule has 1 N–H and O–H groups in total. The summed E-state index contributed by atoms with van der Waals surface area (Å²) < 4.78 is 4.63. The third-order valence-corrected chi connectivity index (χ3v) is 5.15. The summed E-state index contributed by atoms with van der Waals surface area (Å²) in [6.07, 6.45) is 13.2. The second-order valence-corrected chi connectivity index (χ2v) is 7.44. The number of amides is 1. The smallest absolute Gasteiger partial charge is 0.305 e. The van der Waals surface area contributed by atoms with Gasteiger partial charge in [-0.2, -0.15) is 0 Å². The van der Waals surface area contributed by atoms with Gasteiger partial charge in [0.2, 0.25) is 5.91 Å². The number of ether oxygens (including phenoxy) is 1. The van der Waals surface area contributed by atoms with Crippen molar-refractivity contribution in [2.45, 2.75) is 63.5 Å². The maximum atomic E-state index is 12.5. The molecule has 0 aromatic heterocycles. The maximum absolute atomic E-state index is 12.5. The first kappa shape index (κ1) is 22.9. The van der Waals surface area contributed by atoms with Crippen LogP contribution in [0.5, 0.6) is 0 Å². The van der Waals surface area contributed by atoms with Crippen LogP contribution < -0.4 is 0 Å². The van der Waals surface area contributed by atoms with Gasteiger partial charge in [0.25, 0.3) is 0 Å². The zero-order valence-corrected chi connectivity index (χ0v) is 17.3. The van der Waals surface area contributed by atoms with E-state index < -0.39 is 6.10 Å². The molecule has 1 aromatic carbocycles. The number of hydrogen-bond donors (Lipinski definition) is 1. The van der Waals surface area contributed by atoms with Gasteiger partial charge < -0.3 is 14.7 Å². The predicted molar refractivity (Wildman–Crippen MR) is 114 cm³/mol. The number of aliphatic hydroxyl groups is 1. The van der Waals surface area contributed by atoms with E-state index in [0.717, 1.165) is 37.7 Å². The van der Waals surface area contributed by atoms with Crippen LogP contribution in [-0.4, -0.2) is 47.7 Å². The normalized spacial score (nSPS) is 18.9. The van der Waals surface area contributed by atoms with Crippen LogP contribution in [0.15, 0.2) is 54.6 Å². The number of likely N-dealkylation sites (tertiary alicyclic amines) is 1. The van der Waals surface area contributed by atoms with Crippen molar-refractivity contribution < 1.29 is 19.4 Å². The number of esters is 1. The fourth-order valence-corrected chi connectivity index (χ4v) is 3.50. The fraction of sp³-hybridized carbons (Fsp3) is 0.500. The highest BCUT2D eigenvalue weighted by Crippen LogP contribution is 2.19. The van der Waals surface area contributed by atoms with E-state index in [4.69, 9.17) is 0 Å². The quantitative estimate of drug-likeness (QED) is 0.369. The molecule has 2 unspecified atom stereocenters. The number of allylic oxidation sites excluding steroid dienone is 1. The lowest BCUT2D eigenvalue weighted by molar-refractivity contribution is -0.140. The van der Waals surface area contributed by atoms with Crippen LogP contribution in [0.25, 0.3) is 0 Å². The molecule has 2 atom stereocenters. The molecule has 0 bridgehead atoms. The lowest BCUT2D eigenvalue weighted by Gasteiger charge is -2.27. The lowest BCUT2D eigenvalue weighted by Crippen LogP contribution is -2.38. The number of nitrogens with zero attached hydrogens (tertiary/aromatic N) is 1. The largest absolute Gasteiger partial charge is 0.469 e. The van der Waals surface area contributed by atoms with Crippen molar-refractivity contribution in [1.29, 1.82) is 0 Å². The van der Waals surface area contributed by atoms with E-state index in [2.05, 4.69) is 4.74 Å². The first-order valence-corrected chi connectivity index (χ1v) is 10.5. The Hall–Kier alpha value is -2.40. The topological polar surface area (TPSA) is 66.8 Å². The summed E-state index contributed by atoms with van der Waals surface area (Å²) in [7, 11) is 1.40. The van der Waals surface area contributed by atoms with E-state index in [0.29, 0.717) is 25.8 Å². The molecule has 5 nitrogen and oxygen atoms in total. The predicted octanol–water partition coefficient (Wildman–Crippen LogP) is 3.82. The minimum absolute atomic E-state index is 0.00939. The Bertz CT molecular complexity index is 683. The molecular weight excluding hydrogens is 366 g/mol. The van der Waals surface area contributed by atoms with Crippen LogP contribution in [0.2, 0.25) is 0 Å². The van der Waals surface area contributed by atoms with Crippen LogP contribution in [0.1, 0.15) is 50.5 Å². The molecule has 1 aliphatic heterocycles. The highest BCUT2D eigenvalue weighted by molar-refractivity contribution is 5.77. The highest BCUT2D eigenvalue weighted by Gasteiger charge is 2.23. The first-order chi connectivity index (χ1) is 14.1. The highest BCUT2D eigenvalue weighted by atomic mass is 16.5. The first-order valence-electron chi connectivity index (χ1n) is 10.5. The molecule has 1 heterocycles. The number of aliphatic hydroxyl groups excluding tert-OH is 1.